The van der Waals surface area contributed by atoms with Crippen molar-refractivity contribution < 1.29 is 40.4 Å². The zero-order chi connectivity index (χ0) is 26.3. The zero-order valence-corrected chi connectivity index (χ0v) is 26.5. The van der Waals surface area contributed by atoms with Crippen molar-refractivity contribution in [3.8, 4) is 11.5 Å². The largest absolute Gasteiger partial charge is 0.513 e. The summed E-state index contributed by atoms with van der Waals surface area (Å²) in [4.78, 5) is 11.9. The van der Waals surface area contributed by atoms with Gasteiger partial charge >= 0.3 is 6.16 Å². The Morgan fingerprint density at radius 3 is 1.87 bits per heavy atom. The number of methoxy groups -OCH3 is 1. The van der Waals surface area contributed by atoms with E-state index in [2.05, 4.69) is 38.1 Å². The fourth-order valence-corrected chi connectivity index (χ4v) is 6.41. The Morgan fingerprint density at radius 2 is 1.32 bits per heavy atom. The number of rotatable bonds is 9. The Kier molecular flexibility index (Phi) is 11.8. The minimum atomic E-state index is -0.674. The molecule has 0 radical (unpaired) electrons. The van der Waals surface area contributed by atoms with Crippen LogP contribution < -0.4 is 4.74 Å². The number of carbonyl (C=O) groups is 1. The molecule has 2 aromatic rings. The van der Waals surface area contributed by atoms with Gasteiger partial charge < -0.3 is 14.6 Å². The molecule has 2 aliphatic carbocycles. The normalized spacial score (nSPS) is 17.0. The monoisotopic (exact) mass is 690 g/mol. The van der Waals surface area contributed by atoms with Crippen LogP contribution in [0, 0.1) is 11.8 Å². The van der Waals surface area contributed by atoms with Crippen LogP contribution in [0.1, 0.15) is 113 Å². The van der Waals surface area contributed by atoms with E-state index in [1.807, 2.05) is 12.1 Å². The number of hydrogen-bond acceptors (Lipinski definition) is 4. The zero-order valence-electron chi connectivity index (χ0n) is 23.6. The average Bonchev–Trinajstić information content (AvgIpc) is 2.93. The smallest absolute Gasteiger partial charge is 0.508 e. The van der Waals surface area contributed by atoms with Crippen LogP contribution in [-0.2, 0) is 44.1 Å². The predicted octanol–water partition coefficient (Wildman–Crippen LogP) is 8.89. The molecule has 0 heterocycles. The van der Waals surface area contributed by atoms with Gasteiger partial charge in [0.2, 0.25) is 0 Å². The first-order valence-corrected chi connectivity index (χ1v) is 14.6. The molecule has 208 valence electrons. The molecule has 2 saturated carbocycles. The molecule has 0 amide bonds. The van der Waals surface area contributed by atoms with E-state index in [0.717, 1.165) is 48.6 Å². The Hall–Kier alpha value is -1.80. The maximum absolute atomic E-state index is 11.9. The number of aromatic hydroxyl groups is 1. The first kappa shape index (κ1) is 30.7. The van der Waals surface area contributed by atoms with E-state index in [4.69, 9.17) is 9.47 Å². The van der Waals surface area contributed by atoms with Gasteiger partial charge in [0.05, 0.1) is 7.11 Å². The molecule has 0 aliphatic heterocycles. The maximum Gasteiger partial charge on any atom is 0.513 e. The minimum Gasteiger partial charge on any atom is -0.508 e. The summed E-state index contributed by atoms with van der Waals surface area (Å²) in [6.07, 6.45) is 16.8. The molecular weight excluding hydrogens is 644 g/mol. The predicted molar refractivity (Wildman–Crippen MR) is 150 cm³/mol. The molecule has 4 nitrogen and oxygen atoms in total. The van der Waals surface area contributed by atoms with Crippen LogP contribution in [0.4, 0.5) is 4.79 Å². The topological polar surface area (TPSA) is 55.8 Å². The van der Waals surface area contributed by atoms with Crippen LogP contribution in [0.15, 0.2) is 36.4 Å². The number of ether oxygens (including phenoxy) is 2. The summed E-state index contributed by atoms with van der Waals surface area (Å²) in [6.45, 7) is 4.48. The van der Waals surface area contributed by atoms with E-state index in [0.29, 0.717) is 11.5 Å². The van der Waals surface area contributed by atoms with Crippen molar-refractivity contribution in [1.29, 1.82) is 0 Å². The molecule has 5 heteroatoms. The molecule has 0 bridgehead atoms. The Bertz CT molecular complexity index is 1040. The second kappa shape index (κ2) is 14.5. The summed E-state index contributed by atoms with van der Waals surface area (Å²) in [7, 11) is 1.35. The molecule has 0 spiro atoms. The fraction of sp³-hybridized carbons (Fsp3) is 0.606. The van der Waals surface area contributed by atoms with Gasteiger partial charge in [0.1, 0.15) is 11.5 Å². The first-order valence-electron chi connectivity index (χ1n) is 14.6. The Labute approximate surface area is 244 Å². The number of carbonyl (C=O) groups excluding carboxylic acids is 1. The molecule has 0 atom stereocenters. The van der Waals surface area contributed by atoms with Crippen molar-refractivity contribution >= 4 is 6.16 Å². The summed E-state index contributed by atoms with van der Waals surface area (Å²) >= 11 is 0. The van der Waals surface area contributed by atoms with Gasteiger partial charge in [0.15, 0.2) is 0 Å². The summed E-state index contributed by atoms with van der Waals surface area (Å²) in [5.74, 6) is 2.55. The molecule has 1 N–H and O–H groups in total. The number of aryl methyl sites for hydroxylation is 2. The number of phenolic OH excluding ortho intramolecular Hbond substituents is 1. The molecule has 0 aromatic heterocycles. The standard InChI is InChI=1S/C33H46O4.W/c1-33(2,28-18-20-30(34)26(22-28)16-14-24-10-6-4-7-11-24)29-19-21-31(37-32(35)36-3)27(23-29)17-15-25-12-8-5-9-13-25;/h18-25,34H,4-17H2,1-3H3;. The minimum absolute atomic E-state index is 0. The van der Waals surface area contributed by atoms with E-state index < -0.39 is 6.16 Å². The van der Waals surface area contributed by atoms with Crippen molar-refractivity contribution in [3.63, 3.8) is 0 Å². The summed E-state index contributed by atoms with van der Waals surface area (Å²) in [5.41, 5.74) is 4.25. The molecule has 38 heavy (non-hydrogen) atoms. The van der Waals surface area contributed by atoms with Crippen LogP contribution in [0.3, 0.4) is 0 Å². The van der Waals surface area contributed by atoms with Gasteiger partial charge in [0.25, 0.3) is 0 Å². The van der Waals surface area contributed by atoms with E-state index in [1.54, 1.807) is 0 Å². The van der Waals surface area contributed by atoms with E-state index in [-0.39, 0.29) is 26.5 Å². The summed E-state index contributed by atoms with van der Waals surface area (Å²) in [5, 5.41) is 10.6. The van der Waals surface area contributed by atoms with Gasteiger partial charge in [-0.2, -0.15) is 0 Å². The summed E-state index contributed by atoms with van der Waals surface area (Å²) in [6, 6.07) is 12.3. The van der Waals surface area contributed by atoms with Gasteiger partial charge in [-0.3, -0.25) is 0 Å². The van der Waals surface area contributed by atoms with Crippen molar-refractivity contribution in [2.45, 2.75) is 109 Å². The molecule has 2 fully saturated rings. The molecule has 2 aliphatic rings. The van der Waals surface area contributed by atoms with Crippen LogP contribution in [0.2, 0.25) is 0 Å². The summed E-state index contributed by atoms with van der Waals surface area (Å²) < 4.78 is 10.3. The second-order valence-electron chi connectivity index (χ2n) is 11.9. The first-order chi connectivity index (χ1) is 17.9. The van der Waals surface area contributed by atoms with Crippen LogP contribution >= 0.6 is 0 Å². The average molecular weight is 691 g/mol. The van der Waals surface area contributed by atoms with Crippen molar-refractivity contribution in [2.24, 2.45) is 11.8 Å². The quantitative estimate of drug-likeness (QED) is 0.211. The van der Waals surface area contributed by atoms with Gasteiger partial charge in [-0.05, 0) is 71.9 Å². The number of hydrogen-bond donors (Lipinski definition) is 1. The molecule has 2 aromatic carbocycles. The second-order valence-corrected chi connectivity index (χ2v) is 11.9. The Morgan fingerprint density at radius 1 is 0.816 bits per heavy atom. The third-order valence-electron chi connectivity index (χ3n) is 9.04. The molecule has 0 unspecified atom stereocenters. The third-order valence-corrected chi connectivity index (χ3v) is 9.04. The molecule has 4 rings (SSSR count). The van der Waals surface area contributed by atoms with Gasteiger partial charge in [-0.15, -0.1) is 0 Å². The van der Waals surface area contributed by atoms with Crippen LogP contribution in [-0.4, -0.2) is 18.4 Å². The number of benzene rings is 2. The number of phenols is 1. The van der Waals surface area contributed by atoms with Crippen LogP contribution in [0.25, 0.3) is 0 Å². The van der Waals surface area contributed by atoms with E-state index in [9.17, 15) is 9.90 Å². The van der Waals surface area contributed by atoms with Crippen molar-refractivity contribution in [1.82, 2.24) is 0 Å². The van der Waals surface area contributed by atoms with Gasteiger partial charge in [-0.25, -0.2) is 4.79 Å². The van der Waals surface area contributed by atoms with Gasteiger partial charge in [-0.1, -0.05) is 102 Å². The van der Waals surface area contributed by atoms with Crippen molar-refractivity contribution in [3.05, 3.63) is 58.7 Å². The Balaban J connectivity index is 0.00000400. The van der Waals surface area contributed by atoms with Crippen LogP contribution in [0.5, 0.6) is 11.5 Å². The van der Waals surface area contributed by atoms with Gasteiger partial charge in [0, 0.05) is 26.5 Å². The van der Waals surface area contributed by atoms with E-state index >= 15 is 0 Å². The molecular formula is C33H46O4W. The molecule has 0 saturated heterocycles. The fourth-order valence-electron chi connectivity index (χ4n) is 6.41. The SMILES string of the molecule is COC(=O)Oc1ccc(C(C)(C)c2ccc(O)c(CCC3CCCCC3)c2)cc1CCC1CCCCC1.[W]. The maximum atomic E-state index is 11.9. The van der Waals surface area contributed by atoms with Crippen molar-refractivity contribution in [2.75, 3.05) is 7.11 Å². The third kappa shape index (κ3) is 8.10. The van der Waals surface area contributed by atoms with E-state index in [1.165, 1.54) is 82.4 Å².